The van der Waals surface area contributed by atoms with E-state index < -0.39 is 0 Å². The highest BCUT2D eigenvalue weighted by atomic mass is 19.1. The maximum Gasteiger partial charge on any atom is 0.126 e. The van der Waals surface area contributed by atoms with Crippen LogP contribution in [0, 0.1) is 18.7 Å². The van der Waals surface area contributed by atoms with Crippen molar-refractivity contribution in [2.45, 2.75) is 45.6 Å². The predicted molar refractivity (Wildman–Crippen MR) is 87.0 cm³/mol. The SMILES string of the molecule is CCCC1CCN(CCC(NC)c2ccc(C)c(F)c2)C1. The molecule has 118 valence electrons. The average Bonchev–Trinajstić information content (AvgIpc) is 2.91. The molecule has 0 bridgehead atoms. The third kappa shape index (κ3) is 4.52. The van der Waals surface area contributed by atoms with Crippen molar-refractivity contribution in [1.82, 2.24) is 10.2 Å². The maximum atomic E-state index is 13.7. The van der Waals surface area contributed by atoms with Crippen LogP contribution in [0.3, 0.4) is 0 Å². The summed E-state index contributed by atoms with van der Waals surface area (Å²) in [7, 11) is 1.96. The minimum Gasteiger partial charge on any atom is -0.313 e. The van der Waals surface area contributed by atoms with Gasteiger partial charge in [-0.3, -0.25) is 0 Å². The van der Waals surface area contributed by atoms with E-state index in [1.54, 1.807) is 6.07 Å². The fourth-order valence-electron chi connectivity index (χ4n) is 3.38. The molecule has 2 rings (SSSR count). The first-order chi connectivity index (χ1) is 10.1. The Balaban J connectivity index is 1.87. The van der Waals surface area contributed by atoms with Gasteiger partial charge < -0.3 is 10.2 Å². The summed E-state index contributed by atoms with van der Waals surface area (Å²) in [6.45, 7) is 7.65. The Kier molecular flexibility index (Phi) is 6.19. The van der Waals surface area contributed by atoms with Crippen LogP contribution >= 0.6 is 0 Å². The van der Waals surface area contributed by atoms with Gasteiger partial charge >= 0.3 is 0 Å². The molecule has 1 aromatic carbocycles. The van der Waals surface area contributed by atoms with E-state index in [-0.39, 0.29) is 11.9 Å². The van der Waals surface area contributed by atoms with E-state index in [4.69, 9.17) is 0 Å². The van der Waals surface area contributed by atoms with Gasteiger partial charge in [-0.2, -0.15) is 0 Å². The van der Waals surface area contributed by atoms with Crippen molar-refractivity contribution < 1.29 is 4.39 Å². The van der Waals surface area contributed by atoms with Gasteiger partial charge in [-0.15, -0.1) is 0 Å². The van der Waals surface area contributed by atoms with Gasteiger partial charge in [0.05, 0.1) is 0 Å². The molecule has 2 atom stereocenters. The summed E-state index contributed by atoms with van der Waals surface area (Å²) in [5.74, 6) is 0.789. The molecule has 1 N–H and O–H groups in total. The first kappa shape index (κ1) is 16.4. The second-order valence-corrected chi connectivity index (χ2v) is 6.38. The fraction of sp³-hybridized carbons (Fsp3) is 0.667. The number of aryl methyl sites for hydroxylation is 1. The molecular weight excluding hydrogens is 263 g/mol. The van der Waals surface area contributed by atoms with Crippen molar-refractivity contribution in [3.05, 3.63) is 35.1 Å². The lowest BCUT2D eigenvalue weighted by Crippen LogP contribution is -2.27. The molecule has 1 heterocycles. The predicted octanol–water partition coefficient (Wildman–Crippen LogP) is 3.91. The zero-order valence-corrected chi connectivity index (χ0v) is 13.7. The largest absolute Gasteiger partial charge is 0.313 e. The highest BCUT2D eigenvalue weighted by Crippen LogP contribution is 2.24. The highest BCUT2D eigenvalue weighted by molar-refractivity contribution is 5.25. The number of rotatable bonds is 7. The van der Waals surface area contributed by atoms with E-state index in [0.29, 0.717) is 0 Å². The molecule has 21 heavy (non-hydrogen) atoms. The first-order valence-corrected chi connectivity index (χ1v) is 8.29. The minimum absolute atomic E-state index is 0.100. The lowest BCUT2D eigenvalue weighted by atomic mass is 10.0. The lowest BCUT2D eigenvalue weighted by Gasteiger charge is -2.22. The van der Waals surface area contributed by atoms with E-state index in [9.17, 15) is 4.39 Å². The number of nitrogens with one attached hydrogen (secondary N) is 1. The van der Waals surface area contributed by atoms with Gasteiger partial charge in [0.2, 0.25) is 0 Å². The van der Waals surface area contributed by atoms with E-state index in [1.165, 1.54) is 32.4 Å². The van der Waals surface area contributed by atoms with Crippen molar-refractivity contribution in [3.8, 4) is 0 Å². The van der Waals surface area contributed by atoms with Crippen LogP contribution in [-0.2, 0) is 0 Å². The molecule has 3 heteroatoms. The van der Waals surface area contributed by atoms with Crippen LogP contribution in [0.2, 0.25) is 0 Å². The van der Waals surface area contributed by atoms with Crippen molar-refractivity contribution in [2.24, 2.45) is 5.92 Å². The van der Waals surface area contributed by atoms with Crippen LogP contribution < -0.4 is 5.32 Å². The van der Waals surface area contributed by atoms with Gasteiger partial charge in [0.15, 0.2) is 0 Å². The zero-order valence-electron chi connectivity index (χ0n) is 13.7. The summed E-state index contributed by atoms with van der Waals surface area (Å²) < 4.78 is 13.7. The van der Waals surface area contributed by atoms with Crippen LogP contribution in [0.25, 0.3) is 0 Å². The van der Waals surface area contributed by atoms with E-state index >= 15 is 0 Å². The van der Waals surface area contributed by atoms with Gasteiger partial charge in [-0.05, 0) is 69.4 Å². The molecule has 1 fully saturated rings. The average molecular weight is 292 g/mol. The van der Waals surface area contributed by atoms with Gasteiger partial charge in [0.1, 0.15) is 5.82 Å². The molecule has 1 aromatic rings. The van der Waals surface area contributed by atoms with Crippen LogP contribution in [0.15, 0.2) is 18.2 Å². The Morgan fingerprint density at radius 2 is 2.24 bits per heavy atom. The van der Waals surface area contributed by atoms with E-state index in [2.05, 4.69) is 17.1 Å². The second kappa shape index (κ2) is 7.90. The molecule has 2 unspecified atom stereocenters. The zero-order chi connectivity index (χ0) is 15.2. The van der Waals surface area contributed by atoms with Gasteiger partial charge in [0, 0.05) is 12.6 Å². The Bertz CT molecular complexity index is 447. The summed E-state index contributed by atoms with van der Waals surface area (Å²) >= 11 is 0. The number of likely N-dealkylation sites (tertiary alicyclic amines) is 1. The summed E-state index contributed by atoms with van der Waals surface area (Å²) in [6.07, 6.45) is 5.03. The van der Waals surface area contributed by atoms with Crippen LogP contribution in [0.4, 0.5) is 4.39 Å². The molecule has 0 radical (unpaired) electrons. The smallest absolute Gasteiger partial charge is 0.126 e. The van der Waals surface area contributed by atoms with Crippen LogP contribution in [0.1, 0.15) is 49.8 Å². The number of hydrogen-bond donors (Lipinski definition) is 1. The topological polar surface area (TPSA) is 15.3 Å². The second-order valence-electron chi connectivity index (χ2n) is 6.38. The third-order valence-electron chi connectivity index (χ3n) is 4.75. The molecule has 0 aliphatic carbocycles. The Morgan fingerprint density at radius 1 is 1.43 bits per heavy atom. The monoisotopic (exact) mass is 292 g/mol. The van der Waals surface area contributed by atoms with E-state index in [0.717, 1.165) is 30.0 Å². The number of halogens is 1. The van der Waals surface area contributed by atoms with Crippen molar-refractivity contribution in [3.63, 3.8) is 0 Å². The number of nitrogens with zero attached hydrogens (tertiary/aromatic N) is 1. The lowest BCUT2D eigenvalue weighted by molar-refractivity contribution is 0.299. The molecule has 1 aliphatic heterocycles. The highest BCUT2D eigenvalue weighted by Gasteiger charge is 2.22. The summed E-state index contributed by atoms with van der Waals surface area (Å²) in [5, 5.41) is 3.33. The Hall–Kier alpha value is -0.930. The van der Waals surface area contributed by atoms with Crippen LogP contribution in [-0.4, -0.2) is 31.6 Å². The van der Waals surface area contributed by atoms with Crippen molar-refractivity contribution in [2.75, 3.05) is 26.7 Å². The normalized spacial score (nSPS) is 20.9. The van der Waals surface area contributed by atoms with Gasteiger partial charge in [-0.25, -0.2) is 4.39 Å². The van der Waals surface area contributed by atoms with Crippen molar-refractivity contribution >= 4 is 0 Å². The third-order valence-corrected chi connectivity index (χ3v) is 4.75. The maximum absolute atomic E-state index is 13.7. The molecule has 1 aliphatic rings. The molecule has 0 saturated carbocycles. The Labute approximate surface area is 128 Å². The van der Waals surface area contributed by atoms with Gasteiger partial charge in [0.25, 0.3) is 0 Å². The summed E-state index contributed by atoms with van der Waals surface area (Å²) in [6, 6.07) is 5.84. The summed E-state index contributed by atoms with van der Waals surface area (Å²) in [4.78, 5) is 2.56. The van der Waals surface area contributed by atoms with Crippen molar-refractivity contribution in [1.29, 1.82) is 0 Å². The molecule has 2 nitrogen and oxygen atoms in total. The Morgan fingerprint density at radius 3 is 2.90 bits per heavy atom. The molecular formula is C18H29FN2. The molecule has 0 amide bonds. The summed E-state index contributed by atoms with van der Waals surface area (Å²) in [5.41, 5.74) is 1.78. The fourth-order valence-corrected chi connectivity index (χ4v) is 3.38. The standard InChI is InChI=1S/C18H29FN2/c1-4-5-15-8-10-21(13-15)11-9-18(20-3)16-7-6-14(2)17(19)12-16/h6-7,12,15,18,20H,4-5,8-11,13H2,1-3H3. The molecule has 0 aromatic heterocycles. The quantitative estimate of drug-likeness (QED) is 0.820. The van der Waals surface area contributed by atoms with E-state index in [1.807, 2.05) is 26.1 Å². The molecule has 0 spiro atoms. The first-order valence-electron chi connectivity index (χ1n) is 8.29. The minimum atomic E-state index is -0.100. The molecule has 1 saturated heterocycles. The number of benzene rings is 1. The van der Waals surface area contributed by atoms with Gasteiger partial charge in [-0.1, -0.05) is 25.5 Å². The number of hydrogen-bond acceptors (Lipinski definition) is 2. The van der Waals surface area contributed by atoms with Crippen LogP contribution in [0.5, 0.6) is 0 Å².